The number of hydrogen-bond acceptors (Lipinski definition) is 2. The van der Waals surface area contributed by atoms with Crippen LogP contribution < -0.4 is 5.32 Å². The van der Waals surface area contributed by atoms with E-state index in [0.717, 1.165) is 27.6 Å². The van der Waals surface area contributed by atoms with Crippen molar-refractivity contribution in [1.29, 1.82) is 0 Å². The molecule has 0 unspecified atom stereocenters. The molecule has 1 aliphatic rings. The zero-order valence-corrected chi connectivity index (χ0v) is 13.9. The zero-order valence-electron chi connectivity index (χ0n) is 13.9. The highest BCUT2D eigenvalue weighted by atomic mass is 16.4. The van der Waals surface area contributed by atoms with Gasteiger partial charge in [-0.2, -0.15) is 0 Å². The van der Waals surface area contributed by atoms with Gasteiger partial charge in [-0.1, -0.05) is 47.5 Å². The van der Waals surface area contributed by atoms with E-state index in [2.05, 4.69) is 5.32 Å². The summed E-state index contributed by atoms with van der Waals surface area (Å²) in [5.74, 6) is -2.32. The number of carbonyl (C=O) groups is 2. The molecule has 24 heavy (non-hydrogen) atoms. The molecule has 1 amide bonds. The van der Waals surface area contributed by atoms with E-state index in [1.165, 1.54) is 0 Å². The molecular weight excluding hydrogens is 302 g/mol. The van der Waals surface area contributed by atoms with Crippen LogP contribution in [0.2, 0.25) is 0 Å². The number of anilines is 1. The van der Waals surface area contributed by atoms with E-state index in [-0.39, 0.29) is 5.91 Å². The number of hydrogen-bond donors (Lipinski definition) is 2. The summed E-state index contributed by atoms with van der Waals surface area (Å²) >= 11 is 0. The number of fused-ring (bicyclic) bond motifs is 1. The van der Waals surface area contributed by atoms with Crippen molar-refractivity contribution in [3.8, 4) is 0 Å². The predicted octanol–water partition coefficient (Wildman–Crippen LogP) is 4.23. The molecule has 0 heterocycles. The Hall–Kier alpha value is -2.62. The minimum Gasteiger partial charge on any atom is -0.481 e. The Bertz CT molecular complexity index is 832. The minimum atomic E-state index is -0.903. The van der Waals surface area contributed by atoms with Crippen molar-refractivity contribution in [1.82, 2.24) is 0 Å². The van der Waals surface area contributed by atoms with E-state index in [1.807, 2.05) is 56.3 Å². The van der Waals surface area contributed by atoms with E-state index in [4.69, 9.17) is 0 Å². The fourth-order valence-electron chi connectivity index (χ4n) is 3.39. The van der Waals surface area contributed by atoms with Gasteiger partial charge in [0.25, 0.3) is 0 Å². The fourth-order valence-corrected chi connectivity index (χ4v) is 3.39. The van der Waals surface area contributed by atoms with Crippen molar-refractivity contribution in [2.45, 2.75) is 26.7 Å². The minimum absolute atomic E-state index is 0.217. The summed E-state index contributed by atoms with van der Waals surface area (Å²) in [6, 6.07) is 13.6. The lowest BCUT2D eigenvalue weighted by molar-refractivity contribution is -0.146. The van der Waals surface area contributed by atoms with Gasteiger partial charge in [0.1, 0.15) is 0 Å². The summed E-state index contributed by atoms with van der Waals surface area (Å²) in [5.41, 5.74) is 2.92. The maximum absolute atomic E-state index is 12.8. The standard InChI is InChI=1S/C20H21NO3/c1-12-10-16(17(20(23)24)11-13(12)2)19(22)21-18-9-5-7-14-6-3-4-8-15(14)18/h3-9,16-17H,10-11H2,1-2H3,(H,21,22)(H,23,24)/t16-,17-/m1/s1. The third-order valence-electron chi connectivity index (χ3n) is 4.97. The number of aliphatic carboxylic acids is 1. The van der Waals surface area contributed by atoms with Crippen molar-refractivity contribution in [3.05, 3.63) is 53.6 Å². The lowest BCUT2D eigenvalue weighted by atomic mass is 9.76. The van der Waals surface area contributed by atoms with Gasteiger partial charge in [-0.05, 0) is 38.1 Å². The summed E-state index contributed by atoms with van der Waals surface area (Å²) in [7, 11) is 0. The van der Waals surface area contributed by atoms with E-state index >= 15 is 0 Å². The first-order valence-corrected chi connectivity index (χ1v) is 8.14. The average molecular weight is 323 g/mol. The van der Waals surface area contributed by atoms with Gasteiger partial charge < -0.3 is 10.4 Å². The molecule has 0 spiro atoms. The Morgan fingerprint density at radius 1 is 0.958 bits per heavy atom. The Morgan fingerprint density at radius 3 is 2.29 bits per heavy atom. The Balaban J connectivity index is 1.89. The second-order valence-corrected chi connectivity index (χ2v) is 6.54. The maximum atomic E-state index is 12.8. The summed E-state index contributed by atoms with van der Waals surface area (Å²) < 4.78 is 0. The largest absolute Gasteiger partial charge is 0.481 e. The highest BCUT2D eigenvalue weighted by molar-refractivity contribution is 6.03. The monoisotopic (exact) mass is 323 g/mol. The van der Waals surface area contributed by atoms with Gasteiger partial charge >= 0.3 is 5.97 Å². The van der Waals surface area contributed by atoms with Crippen LogP contribution in [0, 0.1) is 11.8 Å². The number of nitrogens with one attached hydrogen (secondary N) is 1. The van der Waals surface area contributed by atoms with Gasteiger partial charge in [0.15, 0.2) is 0 Å². The molecule has 0 bridgehead atoms. The number of allylic oxidation sites excluding steroid dienone is 2. The van der Waals surface area contributed by atoms with Gasteiger partial charge in [-0.15, -0.1) is 0 Å². The number of carboxylic acids is 1. The molecule has 0 radical (unpaired) electrons. The van der Waals surface area contributed by atoms with E-state index in [9.17, 15) is 14.7 Å². The summed E-state index contributed by atoms with van der Waals surface area (Å²) in [6.45, 7) is 3.93. The SMILES string of the molecule is CC1=C(C)C[C@@H](C(=O)Nc2cccc3ccccc23)[C@H](C(=O)O)C1. The van der Waals surface area contributed by atoms with Crippen LogP contribution in [0.4, 0.5) is 5.69 Å². The second-order valence-electron chi connectivity index (χ2n) is 6.54. The highest BCUT2D eigenvalue weighted by Crippen LogP contribution is 2.35. The third kappa shape index (κ3) is 3.04. The van der Waals surface area contributed by atoms with Crippen molar-refractivity contribution in [3.63, 3.8) is 0 Å². The van der Waals surface area contributed by atoms with Crippen LogP contribution >= 0.6 is 0 Å². The number of benzene rings is 2. The molecule has 0 fully saturated rings. The summed E-state index contributed by atoms with van der Waals surface area (Å²) in [4.78, 5) is 24.4. The Morgan fingerprint density at radius 2 is 1.58 bits per heavy atom. The van der Waals surface area contributed by atoms with Crippen molar-refractivity contribution in [2.75, 3.05) is 5.32 Å². The molecule has 4 nitrogen and oxygen atoms in total. The van der Waals surface area contributed by atoms with Gasteiger partial charge in [0.05, 0.1) is 11.8 Å². The first-order valence-electron chi connectivity index (χ1n) is 8.14. The maximum Gasteiger partial charge on any atom is 0.307 e. The van der Waals surface area contributed by atoms with Crippen LogP contribution in [0.3, 0.4) is 0 Å². The second kappa shape index (κ2) is 6.48. The van der Waals surface area contributed by atoms with Crippen LogP contribution in [0.1, 0.15) is 26.7 Å². The van der Waals surface area contributed by atoms with E-state index in [0.29, 0.717) is 12.8 Å². The van der Waals surface area contributed by atoms with Crippen molar-refractivity contribution >= 4 is 28.3 Å². The van der Waals surface area contributed by atoms with E-state index in [1.54, 1.807) is 0 Å². The van der Waals surface area contributed by atoms with Gasteiger partial charge in [0, 0.05) is 11.1 Å². The van der Waals surface area contributed by atoms with Crippen LogP contribution in [0.5, 0.6) is 0 Å². The quantitative estimate of drug-likeness (QED) is 0.831. The van der Waals surface area contributed by atoms with Crippen LogP contribution in [-0.2, 0) is 9.59 Å². The molecule has 2 atom stereocenters. The van der Waals surface area contributed by atoms with Gasteiger partial charge in [-0.3, -0.25) is 9.59 Å². The number of carbonyl (C=O) groups excluding carboxylic acids is 1. The number of amides is 1. The number of carboxylic acid groups (broad SMARTS) is 1. The predicted molar refractivity (Wildman–Crippen MR) is 94.8 cm³/mol. The van der Waals surface area contributed by atoms with Crippen LogP contribution in [0.15, 0.2) is 53.6 Å². The Kier molecular flexibility index (Phi) is 4.38. The molecule has 3 rings (SSSR count). The lowest BCUT2D eigenvalue weighted by Crippen LogP contribution is -2.36. The summed E-state index contributed by atoms with van der Waals surface area (Å²) in [5, 5.41) is 14.4. The molecule has 2 N–H and O–H groups in total. The van der Waals surface area contributed by atoms with Crippen LogP contribution in [-0.4, -0.2) is 17.0 Å². The molecular formula is C20H21NO3. The van der Waals surface area contributed by atoms with Gasteiger partial charge in [-0.25, -0.2) is 0 Å². The molecule has 0 aromatic heterocycles. The molecule has 0 saturated heterocycles. The molecule has 4 heteroatoms. The first kappa shape index (κ1) is 16.2. The van der Waals surface area contributed by atoms with Crippen molar-refractivity contribution < 1.29 is 14.7 Å². The topological polar surface area (TPSA) is 66.4 Å². The van der Waals surface area contributed by atoms with E-state index < -0.39 is 17.8 Å². The third-order valence-corrected chi connectivity index (χ3v) is 4.97. The smallest absolute Gasteiger partial charge is 0.307 e. The fraction of sp³-hybridized carbons (Fsp3) is 0.300. The highest BCUT2D eigenvalue weighted by Gasteiger charge is 2.37. The molecule has 0 aliphatic heterocycles. The zero-order chi connectivity index (χ0) is 17.3. The number of rotatable bonds is 3. The van der Waals surface area contributed by atoms with Gasteiger partial charge in [0.2, 0.25) is 5.91 Å². The molecule has 0 saturated carbocycles. The molecule has 124 valence electrons. The first-order chi connectivity index (χ1) is 11.5. The lowest BCUT2D eigenvalue weighted by Gasteiger charge is -2.29. The normalized spacial score (nSPS) is 20.9. The van der Waals surface area contributed by atoms with Crippen LogP contribution in [0.25, 0.3) is 10.8 Å². The molecule has 2 aromatic rings. The van der Waals surface area contributed by atoms with Crippen molar-refractivity contribution in [2.24, 2.45) is 11.8 Å². The summed E-state index contributed by atoms with van der Waals surface area (Å²) in [6.07, 6.45) is 0.939. The average Bonchev–Trinajstić information content (AvgIpc) is 2.57. The molecule has 1 aliphatic carbocycles. The molecule has 2 aromatic carbocycles. The Labute approximate surface area is 141 Å².